The molecule has 1 atom stereocenters. The predicted molar refractivity (Wildman–Crippen MR) is 100 cm³/mol. The Hall–Kier alpha value is -2.47. The van der Waals surface area contributed by atoms with Crippen LogP contribution in [-0.2, 0) is 9.59 Å². The molecule has 0 saturated heterocycles. The molecule has 1 N–H and O–H groups in total. The Morgan fingerprint density at radius 1 is 1.20 bits per heavy atom. The number of thioether (sulfide) groups is 1. The predicted octanol–water partition coefficient (Wildman–Crippen LogP) is 3.55. The highest BCUT2D eigenvalue weighted by Gasteiger charge is 2.49. The van der Waals surface area contributed by atoms with E-state index in [4.69, 9.17) is 4.74 Å². The standard InChI is InChI=1S/C19H20N2O3S/c1-4-21-14-10-6-8-12-16(14)25-19(2,18(21)23)17(22)20-13-9-5-7-11-15(13)24-3/h5-12H,4H2,1-3H3,(H,20,22). The first-order valence-electron chi connectivity index (χ1n) is 8.05. The van der Waals surface area contributed by atoms with Crippen LogP contribution >= 0.6 is 11.8 Å². The van der Waals surface area contributed by atoms with E-state index in [2.05, 4.69) is 5.32 Å². The van der Waals surface area contributed by atoms with Crippen LogP contribution in [0.5, 0.6) is 5.75 Å². The number of ether oxygens (including phenoxy) is 1. The van der Waals surface area contributed by atoms with Crippen molar-refractivity contribution in [2.75, 3.05) is 23.9 Å². The minimum absolute atomic E-state index is 0.217. The zero-order valence-corrected chi connectivity index (χ0v) is 15.2. The summed E-state index contributed by atoms with van der Waals surface area (Å²) in [4.78, 5) is 28.6. The maximum Gasteiger partial charge on any atom is 0.252 e. The first-order valence-corrected chi connectivity index (χ1v) is 8.87. The molecule has 0 aliphatic carbocycles. The molecule has 3 rings (SSSR count). The van der Waals surface area contributed by atoms with Gasteiger partial charge in [0.2, 0.25) is 5.91 Å². The van der Waals surface area contributed by atoms with Crippen molar-refractivity contribution in [2.45, 2.75) is 23.5 Å². The van der Waals surface area contributed by atoms with Crippen molar-refractivity contribution in [3.8, 4) is 5.75 Å². The summed E-state index contributed by atoms with van der Waals surface area (Å²) in [5.41, 5.74) is 1.40. The lowest BCUT2D eigenvalue weighted by Gasteiger charge is -2.38. The Morgan fingerprint density at radius 2 is 1.88 bits per heavy atom. The number of carbonyl (C=O) groups excluding carboxylic acids is 2. The fourth-order valence-electron chi connectivity index (χ4n) is 2.84. The second-order valence-electron chi connectivity index (χ2n) is 5.81. The van der Waals surface area contributed by atoms with Crippen LogP contribution in [0.4, 0.5) is 11.4 Å². The molecule has 0 aromatic heterocycles. The Balaban J connectivity index is 1.95. The molecule has 2 aromatic rings. The molecule has 1 heterocycles. The van der Waals surface area contributed by atoms with Gasteiger partial charge in [0, 0.05) is 11.4 Å². The number of rotatable bonds is 4. The molecule has 6 heteroatoms. The number of amides is 2. The Labute approximate surface area is 151 Å². The summed E-state index contributed by atoms with van der Waals surface area (Å²) in [6, 6.07) is 14.8. The molecule has 1 aliphatic heterocycles. The van der Waals surface area contributed by atoms with Crippen molar-refractivity contribution < 1.29 is 14.3 Å². The molecule has 130 valence electrons. The summed E-state index contributed by atoms with van der Waals surface area (Å²) in [7, 11) is 1.54. The summed E-state index contributed by atoms with van der Waals surface area (Å²) < 4.78 is 4.03. The number of methoxy groups -OCH3 is 1. The summed E-state index contributed by atoms with van der Waals surface area (Å²) in [5, 5.41) is 2.85. The van der Waals surface area contributed by atoms with Gasteiger partial charge in [-0.25, -0.2) is 0 Å². The molecule has 0 radical (unpaired) electrons. The van der Waals surface area contributed by atoms with Crippen molar-refractivity contribution >= 4 is 35.0 Å². The van der Waals surface area contributed by atoms with E-state index >= 15 is 0 Å². The average Bonchev–Trinajstić information content (AvgIpc) is 2.63. The number of benzene rings is 2. The highest BCUT2D eigenvalue weighted by molar-refractivity contribution is 8.02. The lowest BCUT2D eigenvalue weighted by Crippen LogP contribution is -2.54. The van der Waals surface area contributed by atoms with Gasteiger partial charge in [-0.3, -0.25) is 9.59 Å². The molecule has 1 unspecified atom stereocenters. The third-order valence-corrected chi connectivity index (χ3v) is 5.56. The van der Waals surface area contributed by atoms with E-state index in [0.29, 0.717) is 18.0 Å². The molecule has 5 nitrogen and oxygen atoms in total. The number of carbonyl (C=O) groups is 2. The van der Waals surface area contributed by atoms with Crippen molar-refractivity contribution in [1.29, 1.82) is 0 Å². The molecule has 0 fully saturated rings. The van der Waals surface area contributed by atoms with E-state index in [1.165, 1.54) is 11.8 Å². The zero-order valence-electron chi connectivity index (χ0n) is 14.4. The van der Waals surface area contributed by atoms with E-state index in [0.717, 1.165) is 10.6 Å². The topological polar surface area (TPSA) is 58.6 Å². The van der Waals surface area contributed by atoms with Gasteiger partial charge >= 0.3 is 0 Å². The third kappa shape index (κ3) is 2.98. The number of nitrogens with zero attached hydrogens (tertiary/aromatic N) is 1. The molecule has 0 bridgehead atoms. The molecule has 2 amide bonds. The largest absolute Gasteiger partial charge is 0.495 e. The van der Waals surface area contributed by atoms with Crippen molar-refractivity contribution in [2.24, 2.45) is 0 Å². The number of fused-ring (bicyclic) bond motifs is 1. The molecule has 25 heavy (non-hydrogen) atoms. The van der Waals surface area contributed by atoms with Crippen LogP contribution in [0.1, 0.15) is 13.8 Å². The SMILES string of the molecule is CCN1C(=O)C(C)(C(=O)Nc2ccccc2OC)Sc2ccccc21. The molecular weight excluding hydrogens is 336 g/mol. The van der Waals surface area contributed by atoms with Gasteiger partial charge in [-0.2, -0.15) is 0 Å². The van der Waals surface area contributed by atoms with E-state index < -0.39 is 4.75 Å². The van der Waals surface area contributed by atoms with Gasteiger partial charge < -0.3 is 15.0 Å². The fourth-order valence-corrected chi connectivity index (χ4v) is 4.05. The van der Waals surface area contributed by atoms with Crippen molar-refractivity contribution in [3.05, 3.63) is 48.5 Å². The summed E-state index contributed by atoms with van der Waals surface area (Å²) in [6.07, 6.45) is 0. The van der Waals surface area contributed by atoms with E-state index in [1.54, 1.807) is 31.1 Å². The molecule has 2 aromatic carbocycles. The Bertz CT molecular complexity index is 824. The van der Waals surface area contributed by atoms with Crippen LogP contribution < -0.4 is 15.0 Å². The highest BCUT2D eigenvalue weighted by Crippen LogP contribution is 2.45. The number of hydrogen-bond donors (Lipinski definition) is 1. The second-order valence-corrected chi connectivity index (χ2v) is 7.27. The lowest BCUT2D eigenvalue weighted by atomic mass is 10.1. The first kappa shape index (κ1) is 17.4. The minimum Gasteiger partial charge on any atom is -0.495 e. The highest BCUT2D eigenvalue weighted by atomic mass is 32.2. The monoisotopic (exact) mass is 356 g/mol. The van der Waals surface area contributed by atoms with Crippen molar-refractivity contribution in [3.63, 3.8) is 0 Å². The number of anilines is 2. The van der Waals surface area contributed by atoms with Crippen LogP contribution in [0.15, 0.2) is 53.4 Å². The average molecular weight is 356 g/mol. The summed E-state index contributed by atoms with van der Waals surface area (Å²) >= 11 is 1.28. The smallest absolute Gasteiger partial charge is 0.252 e. The Morgan fingerprint density at radius 3 is 2.60 bits per heavy atom. The molecule has 1 aliphatic rings. The third-order valence-electron chi connectivity index (χ3n) is 4.23. The van der Waals surface area contributed by atoms with Crippen LogP contribution in [-0.4, -0.2) is 30.2 Å². The number of hydrogen-bond acceptors (Lipinski definition) is 4. The van der Waals surface area contributed by atoms with Crippen LogP contribution in [0.25, 0.3) is 0 Å². The maximum atomic E-state index is 13.0. The number of para-hydroxylation sites is 3. The zero-order chi connectivity index (χ0) is 18.0. The molecule has 0 spiro atoms. The van der Waals surface area contributed by atoms with Crippen LogP contribution in [0.3, 0.4) is 0 Å². The van der Waals surface area contributed by atoms with Crippen LogP contribution in [0.2, 0.25) is 0 Å². The van der Waals surface area contributed by atoms with E-state index in [9.17, 15) is 9.59 Å². The first-order chi connectivity index (χ1) is 12.0. The quantitative estimate of drug-likeness (QED) is 0.851. The summed E-state index contributed by atoms with van der Waals surface area (Å²) in [6.45, 7) is 4.08. The van der Waals surface area contributed by atoms with Gasteiger partial charge in [-0.1, -0.05) is 36.0 Å². The van der Waals surface area contributed by atoms with Gasteiger partial charge in [0.25, 0.3) is 5.91 Å². The maximum absolute atomic E-state index is 13.0. The van der Waals surface area contributed by atoms with Gasteiger partial charge in [0.1, 0.15) is 5.75 Å². The van der Waals surface area contributed by atoms with Gasteiger partial charge in [0.05, 0.1) is 18.5 Å². The van der Waals surface area contributed by atoms with Gasteiger partial charge in [-0.05, 0) is 38.1 Å². The van der Waals surface area contributed by atoms with E-state index in [-0.39, 0.29) is 11.8 Å². The van der Waals surface area contributed by atoms with E-state index in [1.807, 2.05) is 43.3 Å². The normalized spacial score (nSPS) is 19.3. The molecular formula is C19H20N2O3S. The summed E-state index contributed by atoms with van der Waals surface area (Å²) in [5.74, 6) is -0.0218. The minimum atomic E-state index is -1.24. The Kier molecular flexibility index (Phi) is 4.72. The van der Waals surface area contributed by atoms with Gasteiger partial charge in [-0.15, -0.1) is 0 Å². The van der Waals surface area contributed by atoms with Gasteiger partial charge in [0.15, 0.2) is 4.75 Å². The molecule has 0 saturated carbocycles. The number of nitrogens with one attached hydrogen (secondary N) is 1. The second kappa shape index (κ2) is 6.80. The van der Waals surface area contributed by atoms with Crippen molar-refractivity contribution in [1.82, 2.24) is 0 Å². The van der Waals surface area contributed by atoms with Crippen LogP contribution in [0, 0.1) is 0 Å². The lowest BCUT2D eigenvalue weighted by molar-refractivity contribution is -0.128. The fraction of sp³-hybridized carbons (Fsp3) is 0.263.